The van der Waals surface area contributed by atoms with Gasteiger partial charge in [0.1, 0.15) is 0 Å². The maximum Gasteiger partial charge on any atom is 0.313 e. The van der Waals surface area contributed by atoms with Crippen LogP contribution in [0.15, 0.2) is 0 Å². The summed E-state index contributed by atoms with van der Waals surface area (Å²) in [6.07, 6.45) is 0.0952. The molecule has 0 amide bonds. The number of hydrogen-bond donors (Lipinski definition) is 0. The summed E-state index contributed by atoms with van der Waals surface area (Å²) in [6, 6.07) is 0. The molecule has 0 heterocycles. The highest BCUT2D eigenvalue weighted by atomic mass is 16.7. The summed E-state index contributed by atoms with van der Waals surface area (Å²) in [7, 11) is 1.71. The van der Waals surface area contributed by atoms with Gasteiger partial charge in [-0.1, -0.05) is 0 Å². The molecule has 0 saturated carbocycles. The van der Waals surface area contributed by atoms with Crippen molar-refractivity contribution in [1.29, 1.82) is 0 Å². The molecule has 0 unspecified atom stereocenters. The number of rotatable bonds is 5. The fourth-order valence-corrected chi connectivity index (χ4v) is 0.729. The molecular weight excluding hydrogens is 364 g/mol. The van der Waals surface area contributed by atoms with Crippen molar-refractivity contribution in [2.45, 2.75) is 100 Å². The summed E-state index contributed by atoms with van der Waals surface area (Å²) < 4.78 is 24.5. The minimum absolute atomic E-state index is 0.0405. The van der Waals surface area contributed by atoms with Gasteiger partial charge in [0.15, 0.2) is 13.6 Å². The molecule has 0 aromatic carbocycles. The van der Waals surface area contributed by atoms with E-state index >= 15 is 0 Å². The van der Waals surface area contributed by atoms with Crippen molar-refractivity contribution in [3.05, 3.63) is 0 Å². The van der Waals surface area contributed by atoms with Gasteiger partial charge in [-0.2, -0.15) is 0 Å². The Kier molecular flexibility index (Phi) is 16.6. The smallest absolute Gasteiger partial charge is 0.313 e. The molecule has 0 bridgehead atoms. The lowest BCUT2D eigenvalue weighted by Gasteiger charge is -2.18. The first kappa shape index (κ1) is 31.5. The first-order chi connectivity index (χ1) is 12.3. The van der Waals surface area contributed by atoms with E-state index in [2.05, 4.69) is 4.74 Å². The molecule has 28 heavy (non-hydrogen) atoms. The molecule has 7 heteroatoms. The molecule has 7 nitrogen and oxygen atoms in total. The largest absolute Gasteiger partial charge is 0.439 e. The predicted molar refractivity (Wildman–Crippen MR) is 111 cm³/mol. The highest BCUT2D eigenvalue weighted by Crippen LogP contribution is 2.14. The Bertz CT molecular complexity index is 410. The SMILES string of the molecule is CC(=O)OCOC(C)(C)C.CC(C)OCOC(=O)C(C)(C)C.COC(C)(C)C. The fraction of sp³-hybridized carbons (Fsp3) is 0.905. The predicted octanol–water partition coefficient (Wildman–Crippen LogP) is 4.71. The van der Waals surface area contributed by atoms with E-state index in [1.807, 2.05) is 76.2 Å². The monoisotopic (exact) mass is 408 g/mol. The van der Waals surface area contributed by atoms with Gasteiger partial charge in [0.2, 0.25) is 0 Å². The van der Waals surface area contributed by atoms with Crippen molar-refractivity contribution in [3.63, 3.8) is 0 Å². The summed E-state index contributed by atoms with van der Waals surface area (Å²) in [6.45, 7) is 22.4. The number of hydrogen-bond acceptors (Lipinski definition) is 7. The van der Waals surface area contributed by atoms with Crippen LogP contribution in [-0.2, 0) is 33.3 Å². The van der Waals surface area contributed by atoms with E-state index in [-0.39, 0.29) is 42.8 Å². The van der Waals surface area contributed by atoms with Gasteiger partial charge < -0.3 is 23.7 Å². The third-order valence-electron chi connectivity index (χ3n) is 2.57. The second kappa shape index (κ2) is 14.8. The standard InChI is InChI=1S/C9H18O3.C7H14O3.C5H12O/c1-7(2)11-6-12-8(10)9(3,4)5;1-6(8)9-5-10-7(2,3)4;1-5(2,3)6-4/h7H,6H2,1-5H3;5H2,1-4H3;1-4H3. The summed E-state index contributed by atoms with van der Waals surface area (Å²) in [5.41, 5.74) is -0.643. The van der Waals surface area contributed by atoms with Crippen LogP contribution in [0.25, 0.3) is 0 Å². The highest BCUT2D eigenvalue weighted by molar-refractivity contribution is 5.75. The number of ether oxygens (including phenoxy) is 5. The first-order valence-corrected chi connectivity index (χ1v) is 9.43. The molecule has 0 rings (SSSR count). The van der Waals surface area contributed by atoms with Gasteiger partial charge in [-0.25, -0.2) is 0 Å². The first-order valence-electron chi connectivity index (χ1n) is 9.43. The van der Waals surface area contributed by atoms with E-state index in [0.29, 0.717) is 0 Å². The summed E-state index contributed by atoms with van der Waals surface area (Å²) in [4.78, 5) is 21.4. The normalized spacial score (nSPS) is 11.6. The van der Waals surface area contributed by atoms with Crippen molar-refractivity contribution in [1.82, 2.24) is 0 Å². The number of carbonyl (C=O) groups excluding carboxylic acids is 2. The highest BCUT2D eigenvalue weighted by Gasteiger charge is 2.22. The van der Waals surface area contributed by atoms with Gasteiger partial charge in [0.05, 0.1) is 22.7 Å². The molecule has 0 aromatic heterocycles. The van der Waals surface area contributed by atoms with E-state index in [9.17, 15) is 9.59 Å². The minimum atomic E-state index is -0.444. The van der Waals surface area contributed by atoms with Crippen LogP contribution in [0.4, 0.5) is 0 Å². The molecule has 0 aliphatic heterocycles. The molecule has 0 saturated heterocycles. The van der Waals surface area contributed by atoms with E-state index < -0.39 is 5.41 Å². The lowest BCUT2D eigenvalue weighted by Crippen LogP contribution is -2.24. The van der Waals surface area contributed by atoms with Crippen molar-refractivity contribution < 1.29 is 33.3 Å². The number of carbonyl (C=O) groups is 2. The van der Waals surface area contributed by atoms with Gasteiger partial charge in [-0.3, -0.25) is 9.59 Å². The van der Waals surface area contributed by atoms with Crippen LogP contribution in [0.2, 0.25) is 0 Å². The third-order valence-corrected chi connectivity index (χ3v) is 2.57. The Morgan fingerprint density at radius 2 is 1.21 bits per heavy atom. The van der Waals surface area contributed by atoms with Gasteiger partial charge in [0, 0.05) is 14.0 Å². The summed E-state index contributed by atoms with van der Waals surface area (Å²) in [5, 5.41) is 0. The number of esters is 2. The van der Waals surface area contributed by atoms with Crippen LogP contribution < -0.4 is 0 Å². The average Bonchev–Trinajstić information content (AvgIpc) is 2.44. The Labute approximate surface area is 172 Å². The lowest BCUT2D eigenvalue weighted by molar-refractivity contribution is -0.168. The fourth-order valence-electron chi connectivity index (χ4n) is 0.729. The molecule has 170 valence electrons. The summed E-state index contributed by atoms with van der Waals surface area (Å²) in [5.74, 6) is -0.549. The van der Waals surface area contributed by atoms with Gasteiger partial charge >= 0.3 is 11.9 Å². The van der Waals surface area contributed by atoms with Crippen molar-refractivity contribution in [3.8, 4) is 0 Å². The topological polar surface area (TPSA) is 80.3 Å². The van der Waals surface area contributed by atoms with Gasteiger partial charge in [-0.05, 0) is 76.2 Å². The average molecular weight is 409 g/mol. The van der Waals surface area contributed by atoms with Crippen molar-refractivity contribution in [2.75, 3.05) is 20.7 Å². The Morgan fingerprint density at radius 1 is 0.786 bits per heavy atom. The van der Waals surface area contributed by atoms with Gasteiger partial charge in [-0.15, -0.1) is 0 Å². The second-order valence-corrected chi connectivity index (χ2v) is 9.34. The van der Waals surface area contributed by atoms with E-state index in [0.717, 1.165) is 0 Å². The molecule has 0 spiro atoms. The van der Waals surface area contributed by atoms with Crippen LogP contribution in [0.3, 0.4) is 0 Å². The molecule has 0 aromatic rings. The molecule has 0 N–H and O–H groups in total. The molecule has 0 aliphatic carbocycles. The quantitative estimate of drug-likeness (QED) is 0.481. The van der Waals surface area contributed by atoms with Crippen LogP contribution in [0.5, 0.6) is 0 Å². The molecular formula is C21H44O7. The van der Waals surface area contributed by atoms with Crippen molar-refractivity contribution in [2.24, 2.45) is 5.41 Å². The molecule has 0 aliphatic rings. The van der Waals surface area contributed by atoms with Crippen LogP contribution in [-0.4, -0.2) is 49.9 Å². The third kappa shape index (κ3) is 32.5. The Morgan fingerprint density at radius 3 is 1.46 bits per heavy atom. The van der Waals surface area contributed by atoms with Crippen molar-refractivity contribution >= 4 is 11.9 Å². The van der Waals surface area contributed by atoms with E-state index in [1.165, 1.54) is 6.92 Å². The zero-order valence-electron chi connectivity index (χ0n) is 20.3. The van der Waals surface area contributed by atoms with Gasteiger partial charge in [0.25, 0.3) is 0 Å². The molecule has 0 atom stereocenters. The Hall–Kier alpha value is -1.18. The zero-order chi connectivity index (χ0) is 23.2. The summed E-state index contributed by atoms with van der Waals surface area (Å²) >= 11 is 0. The van der Waals surface area contributed by atoms with E-state index in [4.69, 9.17) is 18.9 Å². The Balaban J connectivity index is -0.000000354. The van der Waals surface area contributed by atoms with Crippen LogP contribution in [0, 0.1) is 5.41 Å². The second-order valence-electron chi connectivity index (χ2n) is 9.34. The lowest BCUT2D eigenvalue weighted by atomic mass is 9.98. The van der Waals surface area contributed by atoms with E-state index in [1.54, 1.807) is 7.11 Å². The molecule has 0 fully saturated rings. The molecule has 0 radical (unpaired) electrons. The zero-order valence-corrected chi connectivity index (χ0v) is 20.3. The number of methoxy groups -OCH3 is 1. The van der Waals surface area contributed by atoms with Crippen LogP contribution in [0.1, 0.15) is 83.1 Å². The maximum atomic E-state index is 11.1. The maximum absolute atomic E-state index is 11.1. The van der Waals surface area contributed by atoms with Crippen LogP contribution >= 0.6 is 0 Å². The minimum Gasteiger partial charge on any atom is -0.439 e.